The van der Waals surface area contributed by atoms with Crippen molar-refractivity contribution in [1.29, 1.82) is 0 Å². The molecule has 0 amide bonds. The Kier molecular flexibility index (Phi) is 10.2. The number of unbranched alkanes of at least 4 members (excludes halogenated alkanes) is 5. The first-order valence-electron chi connectivity index (χ1n) is 11.8. The van der Waals surface area contributed by atoms with Crippen LogP contribution in [0.3, 0.4) is 0 Å². The molecule has 3 aromatic rings. The highest BCUT2D eigenvalue weighted by molar-refractivity contribution is 7.80. The highest BCUT2D eigenvalue weighted by Crippen LogP contribution is 2.28. The van der Waals surface area contributed by atoms with Crippen LogP contribution >= 0.6 is 0 Å². The maximum atomic E-state index is 12.8. The molecule has 34 heavy (non-hydrogen) atoms. The van der Waals surface area contributed by atoms with Gasteiger partial charge in [-0.25, -0.2) is 14.0 Å². The van der Waals surface area contributed by atoms with Gasteiger partial charge in [0.25, 0.3) is 0 Å². The standard InChI is InChI=1S/C26H33NO6S/c1-3-20-12-10-11-19(2)25(20)22-15-21-17-27-24(16-23(21)33-26(22)29)31-13-8-6-4-5-7-9-14-34(30)32-18-28/h10-12,15-17,28H,3-9,13-14,18H2,1-2H3. The number of aliphatic hydroxyl groups is 1. The van der Waals surface area contributed by atoms with Crippen molar-refractivity contribution in [2.75, 3.05) is 19.2 Å². The minimum absolute atomic E-state index is 0.361. The molecule has 0 radical (unpaired) electrons. The van der Waals surface area contributed by atoms with Crippen LogP contribution in [0.1, 0.15) is 56.6 Å². The third-order valence-electron chi connectivity index (χ3n) is 5.74. The number of aliphatic hydroxyl groups excluding tert-OH is 1. The molecule has 1 N–H and O–H groups in total. The predicted molar refractivity (Wildman–Crippen MR) is 134 cm³/mol. The molecule has 1 atom stereocenters. The van der Waals surface area contributed by atoms with Crippen LogP contribution in [-0.4, -0.2) is 33.5 Å². The average molecular weight is 488 g/mol. The molecule has 0 bridgehead atoms. The van der Waals surface area contributed by atoms with Gasteiger partial charge in [0.05, 0.1) is 12.2 Å². The molecule has 0 saturated heterocycles. The molecule has 0 saturated carbocycles. The molecule has 8 heteroatoms. The fraction of sp³-hybridized carbons (Fsp3) is 0.462. The molecule has 0 spiro atoms. The van der Waals surface area contributed by atoms with Crippen LogP contribution in [0, 0.1) is 6.92 Å². The lowest BCUT2D eigenvalue weighted by molar-refractivity contribution is 0.112. The van der Waals surface area contributed by atoms with Crippen molar-refractivity contribution < 1.29 is 22.7 Å². The van der Waals surface area contributed by atoms with Gasteiger partial charge in [0.15, 0.2) is 17.9 Å². The summed E-state index contributed by atoms with van der Waals surface area (Å²) in [6, 6.07) is 9.57. The summed E-state index contributed by atoms with van der Waals surface area (Å²) in [5.41, 5.74) is 3.76. The van der Waals surface area contributed by atoms with Gasteiger partial charge in [-0.05, 0) is 48.9 Å². The van der Waals surface area contributed by atoms with E-state index in [1.807, 2.05) is 31.2 Å². The summed E-state index contributed by atoms with van der Waals surface area (Å²) < 4.78 is 27.2. The number of hydrogen-bond donors (Lipinski definition) is 1. The number of nitrogens with zero attached hydrogens (tertiary/aromatic N) is 1. The number of benzene rings is 1. The zero-order valence-corrected chi connectivity index (χ0v) is 20.7. The van der Waals surface area contributed by atoms with Crippen molar-refractivity contribution in [2.45, 2.75) is 58.8 Å². The lowest BCUT2D eigenvalue weighted by Crippen LogP contribution is -2.06. The highest BCUT2D eigenvalue weighted by Gasteiger charge is 2.14. The minimum atomic E-state index is -1.38. The molecule has 7 nitrogen and oxygen atoms in total. The van der Waals surface area contributed by atoms with Crippen molar-refractivity contribution in [3.05, 3.63) is 58.1 Å². The summed E-state index contributed by atoms with van der Waals surface area (Å²) in [5.74, 6) is 0.902. The fourth-order valence-electron chi connectivity index (χ4n) is 3.98. The van der Waals surface area contributed by atoms with E-state index < -0.39 is 17.9 Å². The molecule has 0 aliphatic carbocycles. The molecular weight excluding hydrogens is 454 g/mol. The van der Waals surface area contributed by atoms with Crippen molar-refractivity contribution in [2.24, 2.45) is 0 Å². The van der Waals surface area contributed by atoms with Gasteiger partial charge in [-0.1, -0.05) is 50.8 Å². The first-order chi connectivity index (χ1) is 16.5. The average Bonchev–Trinajstić information content (AvgIpc) is 2.82. The second kappa shape index (κ2) is 13.4. The SMILES string of the molecule is CCc1cccc(C)c1-c1cc2cnc(OCCCCCCCCS(=O)OCO)cc2oc1=O. The summed E-state index contributed by atoms with van der Waals surface area (Å²) in [6.45, 7) is 4.12. The number of aryl methyl sites for hydroxylation is 2. The first-order valence-corrected chi connectivity index (χ1v) is 13.1. The summed E-state index contributed by atoms with van der Waals surface area (Å²) in [7, 11) is 0. The Labute approximate surface area is 202 Å². The molecule has 0 fully saturated rings. The lowest BCUT2D eigenvalue weighted by atomic mass is 9.94. The zero-order chi connectivity index (χ0) is 24.3. The van der Waals surface area contributed by atoms with E-state index in [0.717, 1.165) is 67.0 Å². The van der Waals surface area contributed by atoms with Gasteiger partial charge in [0, 0.05) is 23.4 Å². The van der Waals surface area contributed by atoms with Crippen LogP contribution in [0.2, 0.25) is 0 Å². The number of hydrogen-bond acceptors (Lipinski definition) is 7. The van der Waals surface area contributed by atoms with Crippen LogP contribution in [0.5, 0.6) is 5.88 Å². The molecule has 3 rings (SSSR count). The smallest absolute Gasteiger partial charge is 0.344 e. The molecule has 2 aromatic heterocycles. The van der Waals surface area contributed by atoms with Gasteiger partial charge in [-0.2, -0.15) is 0 Å². The Morgan fingerprint density at radius 3 is 2.62 bits per heavy atom. The van der Waals surface area contributed by atoms with Crippen LogP contribution in [-0.2, 0) is 21.7 Å². The van der Waals surface area contributed by atoms with Crippen molar-refractivity contribution in [3.63, 3.8) is 0 Å². The van der Waals surface area contributed by atoms with E-state index >= 15 is 0 Å². The van der Waals surface area contributed by atoms with Crippen LogP contribution in [0.25, 0.3) is 22.1 Å². The number of pyridine rings is 1. The van der Waals surface area contributed by atoms with E-state index in [-0.39, 0.29) is 5.63 Å². The molecule has 1 unspecified atom stereocenters. The van der Waals surface area contributed by atoms with Crippen LogP contribution in [0.4, 0.5) is 0 Å². The summed E-state index contributed by atoms with van der Waals surface area (Å²) in [4.78, 5) is 17.2. The number of ether oxygens (including phenoxy) is 1. The summed E-state index contributed by atoms with van der Waals surface area (Å²) in [5, 5.41) is 9.30. The van der Waals surface area contributed by atoms with Gasteiger partial charge in [-0.3, -0.25) is 4.18 Å². The molecule has 184 valence electrons. The van der Waals surface area contributed by atoms with Crippen LogP contribution < -0.4 is 10.4 Å². The highest BCUT2D eigenvalue weighted by atomic mass is 32.2. The third kappa shape index (κ3) is 7.22. The van der Waals surface area contributed by atoms with Crippen molar-refractivity contribution in [1.82, 2.24) is 4.98 Å². The second-order valence-electron chi connectivity index (χ2n) is 8.20. The van der Waals surface area contributed by atoms with E-state index in [9.17, 15) is 9.00 Å². The van der Waals surface area contributed by atoms with Gasteiger partial charge >= 0.3 is 5.63 Å². The Bertz CT molecular complexity index is 1160. The Morgan fingerprint density at radius 1 is 1.09 bits per heavy atom. The number of rotatable bonds is 14. The van der Waals surface area contributed by atoms with Crippen LogP contribution in [0.15, 0.2) is 45.7 Å². The van der Waals surface area contributed by atoms with Crippen molar-refractivity contribution in [3.8, 4) is 17.0 Å². The number of fused-ring (bicyclic) bond motifs is 1. The van der Waals surface area contributed by atoms with E-state index in [0.29, 0.717) is 29.4 Å². The lowest BCUT2D eigenvalue weighted by Gasteiger charge is -2.11. The fourth-order valence-corrected chi connectivity index (χ4v) is 4.66. The second-order valence-corrected chi connectivity index (χ2v) is 9.45. The monoisotopic (exact) mass is 487 g/mol. The van der Waals surface area contributed by atoms with E-state index in [1.54, 1.807) is 12.3 Å². The Balaban J connectivity index is 1.51. The number of aromatic nitrogens is 1. The van der Waals surface area contributed by atoms with E-state index in [4.69, 9.17) is 14.3 Å². The first kappa shape index (κ1) is 26.1. The zero-order valence-electron chi connectivity index (χ0n) is 19.9. The molecule has 2 heterocycles. The normalized spacial score (nSPS) is 12.2. The van der Waals surface area contributed by atoms with Gasteiger partial charge < -0.3 is 14.3 Å². The molecule has 1 aromatic carbocycles. The molecular formula is C26H33NO6S. The maximum absolute atomic E-state index is 12.8. The summed E-state index contributed by atoms with van der Waals surface area (Å²) in [6.07, 6.45) is 8.37. The van der Waals surface area contributed by atoms with Crippen molar-refractivity contribution >= 4 is 22.0 Å². The third-order valence-corrected chi connectivity index (χ3v) is 6.73. The van der Waals surface area contributed by atoms with E-state index in [2.05, 4.69) is 16.1 Å². The van der Waals surface area contributed by atoms with E-state index in [1.165, 1.54) is 0 Å². The topological polar surface area (TPSA) is 98.9 Å². The minimum Gasteiger partial charge on any atom is -0.478 e. The Morgan fingerprint density at radius 2 is 1.85 bits per heavy atom. The predicted octanol–water partition coefficient (Wildman–Crippen LogP) is 5.08. The van der Waals surface area contributed by atoms with Gasteiger partial charge in [0.1, 0.15) is 5.58 Å². The molecule has 0 aliphatic rings. The van der Waals surface area contributed by atoms with Gasteiger partial charge in [-0.15, -0.1) is 0 Å². The largest absolute Gasteiger partial charge is 0.478 e. The quantitative estimate of drug-likeness (QED) is 0.250. The maximum Gasteiger partial charge on any atom is 0.344 e. The van der Waals surface area contributed by atoms with Gasteiger partial charge in [0.2, 0.25) is 5.88 Å². The summed E-state index contributed by atoms with van der Waals surface area (Å²) >= 11 is -1.38. The Hall–Kier alpha value is -2.55. The molecule has 0 aliphatic heterocycles.